The molecule has 6 heteroatoms. The Kier molecular flexibility index (Phi) is 5.37. The number of methoxy groups -OCH3 is 1. The Hall–Kier alpha value is -1.14. The largest absolute Gasteiger partial charge is 0.380 e. The van der Waals surface area contributed by atoms with E-state index < -0.39 is 0 Å². The molecule has 1 aliphatic rings. The van der Waals surface area contributed by atoms with E-state index >= 15 is 0 Å². The average Bonchev–Trinajstić information content (AvgIpc) is 2.73. The maximum atomic E-state index is 11.7. The van der Waals surface area contributed by atoms with E-state index in [0.717, 1.165) is 0 Å². The van der Waals surface area contributed by atoms with Gasteiger partial charge >= 0.3 is 0 Å². The Morgan fingerprint density at radius 1 is 1.47 bits per heavy atom. The van der Waals surface area contributed by atoms with Gasteiger partial charge in [0, 0.05) is 19.7 Å². The third-order valence-corrected chi connectivity index (χ3v) is 2.61. The van der Waals surface area contributed by atoms with Gasteiger partial charge in [-0.25, -0.2) is 0 Å². The Morgan fingerprint density at radius 2 is 2.18 bits per heavy atom. The van der Waals surface area contributed by atoms with Crippen LogP contribution in [0.1, 0.15) is 20.3 Å². The summed E-state index contributed by atoms with van der Waals surface area (Å²) < 4.78 is 5.15. The predicted molar refractivity (Wildman–Crippen MR) is 63.5 cm³/mol. The first-order chi connectivity index (χ1) is 8.02. The summed E-state index contributed by atoms with van der Waals surface area (Å²) in [7, 11) is 1.63. The summed E-state index contributed by atoms with van der Waals surface area (Å²) in [6.45, 7) is 4.45. The van der Waals surface area contributed by atoms with Crippen molar-refractivity contribution in [2.45, 2.75) is 38.5 Å². The van der Waals surface area contributed by atoms with Crippen molar-refractivity contribution >= 4 is 11.8 Å². The molecule has 0 aromatic carbocycles. The molecule has 2 atom stereocenters. The fourth-order valence-electron chi connectivity index (χ4n) is 1.75. The van der Waals surface area contributed by atoms with E-state index in [2.05, 4.69) is 16.0 Å². The topological polar surface area (TPSA) is 79.5 Å². The van der Waals surface area contributed by atoms with Gasteiger partial charge in [0.05, 0.1) is 18.7 Å². The van der Waals surface area contributed by atoms with Gasteiger partial charge in [-0.2, -0.15) is 0 Å². The number of amides is 2. The second-order valence-corrected chi connectivity index (χ2v) is 4.49. The van der Waals surface area contributed by atoms with Crippen LogP contribution >= 0.6 is 0 Å². The zero-order valence-corrected chi connectivity index (χ0v) is 10.6. The van der Waals surface area contributed by atoms with Crippen molar-refractivity contribution in [1.82, 2.24) is 16.0 Å². The Balaban J connectivity index is 2.24. The molecule has 6 nitrogen and oxygen atoms in total. The smallest absolute Gasteiger partial charge is 0.239 e. The van der Waals surface area contributed by atoms with E-state index in [-0.39, 0.29) is 36.5 Å². The third kappa shape index (κ3) is 4.70. The fourth-order valence-corrected chi connectivity index (χ4v) is 1.75. The molecular weight excluding hydrogens is 222 g/mol. The van der Waals surface area contributed by atoms with Crippen LogP contribution in [0.4, 0.5) is 0 Å². The van der Waals surface area contributed by atoms with E-state index in [1.54, 1.807) is 7.11 Å². The number of hydrogen-bond donors (Lipinski definition) is 3. The van der Waals surface area contributed by atoms with Crippen LogP contribution in [0, 0.1) is 0 Å². The molecule has 2 amide bonds. The van der Waals surface area contributed by atoms with Gasteiger partial charge in [0.2, 0.25) is 11.8 Å². The molecule has 0 aromatic heterocycles. The number of rotatable bonds is 5. The van der Waals surface area contributed by atoms with Crippen LogP contribution < -0.4 is 16.0 Å². The van der Waals surface area contributed by atoms with E-state index in [9.17, 15) is 9.59 Å². The average molecular weight is 243 g/mol. The fraction of sp³-hybridized carbons (Fsp3) is 0.818. The van der Waals surface area contributed by atoms with Gasteiger partial charge in [-0.05, 0) is 20.3 Å². The van der Waals surface area contributed by atoms with Gasteiger partial charge in [-0.3, -0.25) is 9.59 Å². The first-order valence-electron chi connectivity index (χ1n) is 5.86. The van der Waals surface area contributed by atoms with Crippen LogP contribution in [0.25, 0.3) is 0 Å². The molecule has 2 unspecified atom stereocenters. The monoisotopic (exact) mass is 243 g/mol. The number of ether oxygens (including phenoxy) is 1. The van der Waals surface area contributed by atoms with Crippen molar-refractivity contribution in [1.29, 1.82) is 0 Å². The second-order valence-electron chi connectivity index (χ2n) is 4.49. The molecule has 1 heterocycles. The molecule has 1 fully saturated rings. The third-order valence-electron chi connectivity index (χ3n) is 2.61. The molecule has 0 aromatic rings. The number of carbonyl (C=O) groups excluding carboxylic acids is 2. The summed E-state index contributed by atoms with van der Waals surface area (Å²) in [5.74, 6) is -0.321. The zero-order valence-electron chi connectivity index (χ0n) is 10.6. The molecule has 3 N–H and O–H groups in total. The maximum absolute atomic E-state index is 11.7. The highest BCUT2D eigenvalue weighted by molar-refractivity contribution is 5.87. The van der Waals surface area contributed by atoms with Crippen molar-refractivity contribution in [3.63, 3.8) is 0 Å². The van der Waals surface area contributed by atoms with Crippen molar-refractivity contribution < 1.29 is 14.3 Å². The van der Waals surface area contributed by atoms with Crippen LogP contribution in [-0.2, 0) is 14.3 Å². The molecule has 0 radical (unpaired) electrons. The zero-order chi connectivity index (χ0) is 12.8. The van der Waals surface area contributed by atoms with E-state index in [4.69, 9.17) is 4.74 Å². The second kappa shape index (κ2) is 6.56. The Morgan fingerprint density at radius 3 is 2.71 bits per heavy atom. The van der Waals surface area contributed by atoms with Crippen molar-refractivity contribution in [3.05, 3.63) is 0 Å². The summed E-state index contributed by atoms with van der Waals surface area (Å²) in [5.41, 5.74) is 0. The molecule has 1 saturated heterocycles. The Labute approximate surface area is 101 Å². The lowest BCUT2D eigenvalue weighted by Crippen LogP contribution is -2.45. The summed E-state index contributed by atoms with van der Waals surface area (Å²) in [6, 6.07) is -0.173. The minimum atomic E-state index is -0.258. The number of hydrogen-bond acceptors (Lipinski definition) is 4. The highest BCUT2D eigenvalue weighted by atomic mass is 16.5. The van der Waals surface area contributed by atoms with Gasteiger partial charge in [0.25, 0.3) is 0 Å². The summed E-state index contributed by atoms with van der Waals surface area (Å²) in [6.07, 6.45) is 0.726. The minimum Gasteiger partial charge on any atom is -0.380 e. The maximum Gasteiger partial charge on any atom is 0.239 e. The van der Waals surface area contributed by atoms with E-state index in [0.29, 0.717) is 13.0 Å². The summed E-state index contributed by atoms with van der Waals surface area (Å²) >= 11 is 0. The molecule has 1 rings (SSSR count). The van der Waals surface area contributed by atoms with Gasteiger partial charge in [-0.15, -0.1) is 0 Å². The standard InChI is InChI=1S/C11H21N3O3/c1-7(2)14-10(15)6-13-11(16)9-4-8(17-3)5-12-9/h7-9,12H,4-6H2,1-3H3,(H,13,16)(H,14,15). The van der Waals surface area contributed by atoms with Crippen LogP contribution in [0.15, 0.2) is 0 Å². The van der Waals surface area contributed by atoms with E-state index in [1.807, 2.05) is 13.8 Å². The quantitative estimate of drug-likeness (QED) is 0.579. The molecular formula is C11H21N3O3. The first kappa shape index (κ1) is 13.9. The normalized spacial score (nSPS) is 23.8. The molecule has 0 saturated carbocycles. The summed E-state index contributed by atoms with van der Waals surface area (Å²) in [4.78, 5) is 23.0. The highest BCUT2D eigenvalue weighted by Gasteiger charge is 2.29. The van der Waals surface area contributed by atoms with Crippen LogP contribution in [0.3, 0.4) is 0 Å². The molecule has 17 heavy (non-hydrogen) atoms. The lowest BCUT2D eigenvalue weighted by Gasteiger charge is -2.12. The van der Waals surface area contributed by atoms with Gasteiger partial charge in [0.1, 0.15) is 0 Å². The lowest BCUT2D eigenvalue weighted by atomic mass is 10.2. The predicted octanol–water partition coefficient (Wildman–Crippen LogP) is -0.996. The van der Waals surface area contributed by atoms with Gasteiger partial charge in [0.15, 0.2) is 0 Å². The van der Waals surface area contributed by atoms with E-state index in [1.165, 1.54) is 0 Å². The van der Waals surface area contributed by atoms with Crippen LogP contribution in [0.2, 0.25) is 0 Å². The number of nitrogens with one attached hydrogen (secondary N) is 3. The minimum absolute atomic E-state index is 0.0207. The van der Waals surface area contributed by atoms with Crippen molar-refractivity contribution in [2.24, 2.45) is 0 Å². The van der Waals surface area contributed by atoms with Crippen LogP contribution in [-0.4, -0.2) is 50.2 Å². The van der Waals surface area contributed by atoms with Crippen LogP contribution in [0.5, 0.6) is 0 Å². The summed E-state index contributed by atoms with van der Waals surface area (Å²) in [5, 5.41) is 8.37. The lowest BCUT2D eigenvalue weighted by molar-refractivity contribution is -0.127. The molecule has 0 bridgehead atoms. The van der Waals surface area contributed by atoms with Gasteiger partial charge in [-0.1, -0.05) is 0 Å². The van der Waals surface area contributed by atoms with Crippen molar-refractivity contribution in [2.75, 3.05) is 20.2 Å². The van der Waals surface area contributed by atoms with Crippen molar-refractivity contribution in [3.8, 4) is 0 Å². The SMILES string of the molecule is COC1CNC(C(=O)NCC(=O)NC(C)C)C1. The molecule has 0 aliphatic carbocycles. The molecule has 1 aliphatic heterocycles. The molecule has 0 spiro atoms. The van der Waals surface area contributed by atoms with Gasteiger partial charge < -0.3 is 20.7 Å². The Bertz CT molecular complexity index is 281. The molecule has 98 valence electrons. The number of carbonyl (C=O) groups is 2. The first-order valence-corrected chi connectivity index (χ1v) is 5.86. The highest BCUT2D eigenvalue weighted by Crippen LogP contribution is 2.09.